The van der Waals surface area contributed by atoms with Gasteiger partial charge in [0, 0.05) is 25.5 Å². The Morgan fingerprint density at radius 3 is 3.20 bits per heavy atom. The molecule has 4 heteroatoms. The van der Waals surface area contributed by atoms with E-state index in [9.17, 15) is 0 Å². The second kappa shape index (κ2) is 4.76. The Kier molecular flexibility index (Phi) is 3.15. The van der Waals surface area contributed by atoms with E-state index >= 15 is 0 Å². The maximum absolute atomic E-state index is 8.97. The monoisotopic (exact) mass is 202 g/mol. The highest BCUT2D eigenvalue weighted by molar-refractivity contribution is 5.57. The number of nitrogens with one attached hydrogen (secondary N) is 1. The topological polar surface area (TPSA) is 52.0 Å². The third-order valence-electron chi connectivity index (χ3n) is 2.57. The number of anilines is 1. The van der Waals surface area contributed by atoms with Crippen molar-refractivity contribution in [2.45, 2.75) is 19.3 Å². The van der Waals surface area contributed by atoms with Crippen molar-refractivity contribution < 1.29 is 0 Å². The molecule has 2 heterocycles. The molecule has 0 saturated carbocycles. The van der Waals surface area contributed by atoms with Gasteiger partial charge in [-0.2, -0.15) is 5.26 Å². The van der Waals surface area contributed by atoms with Gasteiger partial charge in [0.2, 0.25) is 0 Å². The van der Waals surface area contributed by atoms with Crippen LogP contribution in [0.3, 0.4) is 0 Å². The Morgan fingerprint density at radius 2 is 2.33 bits per heavy atom. The normalized spacial score (nSPS) is 16.9. The van der Waals surface area contributed by atoms with Crippen LogP contribution in [0.4, 0.5) is 5.69 Å². The predicted octanol–water partition coefficient (Wildman–Crippen LogP) is 1.45. The zero-order chi connectivity index (χ0) is 10.5. The molecule has 0 aromatic carbocycles. The highest BCUT2D eigenvalue weighted by Gasteiger charge is 2.12. The lowest BCUT2D eigenvalue weighted by Gasteiger charge is -2.23. The van der Waals surface area contributed by atoms with Gasteiger partial charge in [-0.1, -0.05) is 6.42 Å². The Morgan fingerprint density at radius 1 is 1.40 bits per heavy atom. The lowest BCUT2D eigenvalue weighted by atomic mass is 10.2. The van der Waals surface area contributed by atoms with E-state index in [1.807, 2.05) is 6.07 Å². The van der Waals surface area contributed by atoms with Crippen molar-refractivity contribution in [3.05, 3.63) is 24.0 Å². The first kappa shape index (κ1) is 9.94. The fourth-order valence-corrected chi connectivity index (χ4v) is 1.78. The van der Waals surface area contributed by atoms with Crippen LogP contribution in [0.25, 0.3) is 0 Å². The summed E-state index contributed by atoms with van der Waals surface area (Å²) in [6.45, 7) is 1.94. The average Bonchev–Trinajstić information content (AvgIpc) is 2.57. The minimum absolute atomic E-state index is 0.631. The third-order valence-corrected chi connectivity index (χ3v) is 2.57. The predicted molar refractivity (Wildman–Crippen MR) is 58.2 cm³/mol. The number of hydrogen-bond acceptors (Lipinski definition) is 4. The van der Waals surface area contributed by atoms with E-state index in [2.05, 4.69) is 21.5 Å². The number of nitrogens with zero attached hydrogens (tertiary/aromatic N) is 3. The van der Waals surface area contributed by atoms with Gasteiger partial charge in [-0.3, -0.25) is 4.98 Å². The van der Waals surface area contributed by atoms with E-state index in [0.29, 0.717) is 5.56 Å². The summed E-state index contributed by atoms with van der Waals surface area (Å²) in [5.41, 5.74) is 4.90. The molecule has 0 spiro atoms. The van der Waals surface area contributed by atoms with Crippen LogP contribution in [0.2, 0.25) is 0 Å². The molecule has 4 nitrogen and oxygen atoms in total. The average molecular weight is 202 g/mol. The summed E-state index contributed by atoms with van der Waals surface area (Å²) in [7, 11) is 0. The van der Waals surface area contributed by atoms with E-state index < -0.39 is 0 Å². The Bertz CT molecular complexity index is 361. The van der Waals surface area contributed by atoms with Crippen molar-refractivity contribution in [2.24, 2.45) is 0 Å². The number of hydrogen-bond donors (Lipinski definition) is 1. The molecule has 2 rings (SSSR count). The maximum Gasteiger partial charge on any atom is 0.103 e. The van der Waals surface area contributed by atoms with Crippen LogP contribution >= 0.6 is 0 Å². The molecule has 1 N–H and O–H groups in total. The highest BCUT2D eigenvalue weighted by Crippen LogP contribution is 2.18. The summed E-state index contributed by atoms with van der Waals surface area (Å²) in [5.74, 6) is 0. The van der Waals surface area contributed by atoms with Crippen molar-refractivity contribution in [3.8, 4) is 6.07 Å². The molecule has 0 amide bonds. The molecule has 1 fully saturated rings. The number of rotatable bonds is 1. The molecule has 0 aliphatic carbocycles. The van der Waals surface area contributed by atoms with Crippen molar-refractivity contribution in [1.82, 2.24) is 10.4 Å². The maximum atomic E-state index is 8.97. The molecule has 1 aromatic rings. The van der Waals surface area contributed by atoms with E-state index in [1.165, 1.54) is 19.3 Å². The molecule has 0 radical (unpaired) electrons. The largest absolute Gasteiger partial charge is 0.307 e. The SMILES string of the molecule is N#Cc1cnccc1N1CCCCCN1. The second-order valence-electron chi connectivity index (χ2n) is 3.63. The molecule has 0 unspecified atom stereocenters. The first-order valence-corrected chi connectivity index (χ1v) is 5.27. The van der Waals surface area contributed by atoms with Crippen molar-refractivity contribution in [2.75, 3.05) is 18.1 Å². The van der Waals surface area contributed by atoms with Crippen LogP contribution in [-0.2, 0) is 0 Å². The summed E-state index contributed by atoms with van der Waals surface area (Å²) in [6.07, 6.45) is 6.95. The number of pyridine rings is 1. The van der Waals surface area contributed by atoms with Gasteiger partial charge in [-0.05, 0) is 18.9 Å². The van der Waals surface area contributed by atoms with Gasteiger partial charge in [-0.25, -0.2) is 5.43 Å². The quantitative estimate of drug-likeness (QED) is 0.748. The molecule has 78 valence electrons. The van der Waals surface area contributed by atoms with Crippen LogP contribution in [0, 0.1) is 11.3 Å². The standard InChI is InChI=1S/C11H14N4/c12-8-10-9-13-6-4-11(10)15-7-3-1-2-5-14-15/h4,6,9,14H,1-3,5,7H2. The number of nitriles is 1. The number of hydrazine groups is 1. The fraction of sp³-hybridized carbons (Fsp3) is 0.455. The minimum Gasteiger partial charge on any atom is -0.307 e. The molecule has 1 aromatic heterocycles. The lowest BCUT2D eigenvalue weighted by molar-refractivity contribution is 0.660. The van der Waals surface area contributed by atoms with Gasteiger partial charge in [0.15, 0.2) is 0 Å². The summed E-state index contributed by atoms with van der Waals surface area (Å²) < 4.78 is 0. The summed E-state index contributed by atoms with van der Waals surface area (Å²) in [6, 6.07) is 4.05. The van der Waals surface area contributed by atoms with Crippen LogP contribution < -0.4 is 10.4 Å². The Balaban J connectivity index is 2.23. The molecule has 0 atom stereocenters. The first-order valence-electron chi connectivity index (χ1n) is 5.27. The Labute approximate surface area is 89.5 Å². The molecular formula is C11H14N4. The lowest BCUT2D eigenvalue weighted by Crippen LogP contribution is -2.38. The molecule has 1 aliphatic heterocycles. The minimum atomic E-state index is 0.631. The van der Waals surface area contributed by atoms with Gasteiger partial charge in [0.25, 0.3) is 0 Å². The summed E-state index contributed by atoms with van der Waals surface area (Å²) in [4.78, 5) is 3.96. The van der Waals surface area contributed by atoms with Crippen molar-refractivity contribution in [1.29, 1.82) is 5.26 Å². The summed E-state index contributed by atoms with van der Waals surface area (Å²) in [5, 5.41) is 11.0. The van der Waals surface area contributed by atoms with Crippen molar-refractivity contribution in [3.63, 3.8) is 0 Å². The molecule has 15 heavy (non-hydrogen) atoms. The molecular weight excluding hydrogens is 188 g/mol. The van der Waals surface area contributed by atoms with E-state index in [4.69, 9.17) is 5.26 Å². The first-order chi connectivity index (χ1) is 7.42. The van der Waals surface area contributed by atoms with Gasteiger partial charge < -0.3 is 5.01 Å². The van der Waals surface area contributed by atoms with E-state index in [0.717, 1.165) is 18.8 Å². The zero-order valence-electron chi connectivity index (χ0n) is 8.61. The van der Waals surface area contributed by atoms with Gasteiger partial charge >= 0.3 is 0 Å². The van der Waals surface area contributed by atoms with Gasteiger partial charge in [-0.15, -0.1) is 0 Å². The van der Waals surface area contributed by atoms with Crippen LogP contribution in [-0.4, -0.2) is 18.1 Å². The molecule has 1 aliphatic rings. The Hall–Kier alpha value is -1.60. The highest BCUT2D eigenvalue weighted by atomic mass is 15.5. The van der Waals surface area contributed by atoms with Gasteiger partial charge in [0.05, 0.1) is 11.3 Å². The number of aromatic nitrogens is 1. The molecule has 1 saturated heterocycles. The van der Waals surface area contributed by atoms with E-state index in [1.54, 1.807) is 12.4 Å². The fourth-order valence-electron chi connectivity index (χ4n) is 1.78. The van der Waals surface area contributed by atoms with Crippen LogP contribution in [0.5, 0.6) is 0 Å². The van der Waals surface area contributed by atoms with E-state index in [-0.39, 0.29) is 0 Å². The van der Waals surface area contributed by atoms with Crippen LogP contribution in [0.1, 0.15) is 24.8 Å². The zero-order valence-corrected chi connectivity index (χ0v) is 8.61. The second-order valence-corrected chi connectivity index (χ2v) is 3.63. The van der Waals surface area contributed by atoms with Crippen molar-refractivity contribution >= 4 is 5.69 Å². The summed E-state index contributed by atoms with van der Waals surface area (Å²) >= 11 is 0. The van der Waals surface area contributed by atoms with Crippen LogP contribution in [0.15, 0.2) is 18.5 Å². The van der Waals surface area contributed by atoms with Gasteiger partial charge in [0.1, 0.15) is 6.07 Å². The third kappa shape index (κ3) is 2.25. The smallest absolute Gasteiger partial charge is 0.103 e. The molecule has 0 bridgehead atoms.